The van der Waals surface area contributed by atoms with Gasteiger partial charge in [0, 0.05) is 45.1 Å². The zero-order valence-corrected chi connectivity index (χ0v) is 14.9. The minimum absolute atomic E-state index is 0.262. The molecular weight excluding hydrogens is 312 g/mol. The quantitative estimate of drug-likeness (QED) is 0.860. The van der Waals surface area contributed by atoms with Crippen LogP contribution in [0.4, 0.5) is 0 Å². The minimum Gasteiger partial charge on any atom is -0.340 e. The smallest absolute Gasteiger partial charge is 0.250 e. The molecule has 3 heterocycles. The fourth-order valence-electron chi connectivity index (χ4n) is 4.03. The Morgan fingerprint density at radius 1 is 1.16 bits per heavy atom. The van der Waals surface area contributed by atoms with Crippen LogP contribution in [0.1, 0.15) is 30.4 Å². The first-order valence-electron chi connectivity index (χ1n) is 9.25. The molecule has 0 atom stereocenters. The number of aryl methyl sites for hydroxylation is 1. The van der Waals surface area contributed by atoms with E-state index in [1.54, 1.807) is 6.20 Å². The van der Waals surface area contributed by atoms with Crippen LogP contribution in [-0.4, -0.2) is 51.7 Å². The van der Waals surface area contributed by atoms with Gasteiger partial charge in [-0.05, 0) is 37.8 Å². The maximum Gasteiger partial charge on any atom is 0.250 e. The summed E-state index contributed by atoms with van der Waals surface area (Å²) in [6.45, 7) is 6.73. The second-order valence-electron chi connectivity index (χ2n) is 7.39. The van der Waals surface area contributed by atoms with Crippen LogP contribution < -0.4 is 0 Å². The molecule has 5 nitrogen and oxygen atoms in total. The van der Waals surface area contributed by atoms with E-state index >= 15 is 0 Å². The number of piperidine rings is 1. The van der Waals surface area contributed by atoms with Gasteiger partial charge in [-0.2, -0.15) is 5.10 Å². The SMILES string of the molecule is Cc1cccc(CN2CCC(C(=O)N3CCC3)(n3cccn3)CC2)c1. The molecule has 0 bridgehead atoms. The molecule has 2 fully saturated rings. The van der Waals surface area contributed by atoms with E-state index in [2.05, 4.69) is 41.2 Å². The number of nitrogens with zero attached hydrogens (tertiary/aromatic N) is 4. The fourth-order valence-corrected chi connectivity index (χ4v) is 4.03. The molecule has 0 N–H and O–H groups in total. The van der Waals surface area contributed by atoms with Gasteiger partial charge in [-0.15, -0.1) is 0 Å². The molecule has 0 aliphatic carbocycles. The summed E-state index contributed by atoms with van der Waals surface area (Å²) in [6.07, 6.45) is 6.52. The van der Waals surface area contributed by atoms with Gasteiger partial charge < -0.3 is 4.90 Å². The van der Waals surface area contributed by atoms with Crippen molar-refractivity contribution in [3.63, 3.8) is 0 Å². The lowest BCUT2D eigenvalue weighted by Crippen LogP contribution is -2.59. The van der Waals surface area contributed by atoms with E-state index in [4.69, 9.17) is 0 Å². The third-order valence-corrected chi connectivity index (χ3v) is 5.66. The molecule has 1 amide bonds. The van der Waals surface area contributed by atoms with Crippen molar-refractivity contribution in [3.05, 3.63) is 53.9 Å². The van der Waals surface area contributed by atoms with Crippen molar-refractivity contribution >= 4 is 5.91 Å². The molecule has 4 rings (SSSR count). The van der Waals surface area contributed by atoms with E-state index in [0.717, 1.165) is 52.0 Å². The molecule has 5 heteroatoms. The van der Waals surface area contributed by atoms with Crippen LogP contribution in [0.2, 0.25) is 0 Å². The predicted molar refractivity (Wildman–Crippen MR) is 97.1 cm³/mol. The third-order valence-electron chi connectivity index (χ3n) is 5.66. The van der Waals surface area contributed by atoms with Crippen molar-refractivity contribution in [1.29, 1.82) is 0 Å². The maximum atomic E-state index is 13.2. The molecule has 2 aromatic rings. The van der Waals surface area contributed by atoms with Crippen LogP contribution in [-0.2, 0) is 16.9 Å². The van der Waals surface area contributed by atoms with E-state index in [1.165, 1.54) is 11.1 Å². The molecule has 25 heavy (non-hydrogen) atoms. The van der Waals surface area contributed by atoms with E-state index < -0.39 is 5.54 Å². The fraction of sp³-hybridized carbons (Fsp3) is 0.500. The molecule has 0 saturated carbocycles. The molecular formula is C20H26N4O. The Morgan fingerprint density at radius 2 is 1.96 bits per heavy atom. The summed E-state index contributed by atoms with van der Waals surface area (Å²) < 4.78 is 1.91. The lowest BCUT2D eigenvalue weighted by molar-refractivity contribution is -0.148. The highest BCUT2D eigenvalue weighted by molar-refractivity contribution is 5.85. The molecule has 1 aromatic heterocycles. The first-order valence-corrected chi connectivity index (χ1v) is 9.25. The van der Waals surface area contributed by atoms with Crippen LogP contribution in [0, 0.1) is 6.92 Å². The number of hydrogen-bond donors (Lipinski definition) is 0. The second kappa shape index (κ2) is 6.64. The summed E-state index contributed by atoms with van der Waals surface area (Å²) in [7, 11) is 0. The van der Waals surface area contributed by atoms with Gasteiger partial charge >= 0.3 is 0 Å². The zero-order chi connectivity index (χ0) is 17.3. The minimum atomic E-state index is -0.493. The van der Waals surface area contributed by atoms with Gasteiger partial charge in [-0.3, -0.25) is 14.4 Å². The average molecular weight is 338 g/mol. The normalized spacial score (nSPS) is 20.3. The third kappa shape index (κ3) is 3.09. The number of carbonyl (C=O) groups excluding carboxylic acids is 1. The molecule has 0 unspecified atom stereocenters. The van der Waals surface area contributed by atoms with Gasteiger partial charge in [0.1, 0.15) is 5.54 Å². The molecule has 2 saturated heterocycles. The molecule has 132 valence electrons. The van der Waals surface area contributed by atoms with Crippen LogP contribution in [0.3, 0.4) is 0 Å². The lowest BCUT2D eigenvalue weighted by atomic mass is 9.85. The Labute approximate surface area is 149 Å². The lowest BCUT2D eigenvalue weighted by Gasteiger charge is -2.45. The molecule has 1 aromatic carbocycles. The zero-order valence-electron chi connectivity index (χ0n) is 14.9. The Bertz CT molecular complexity index is 728. The van der Waals surface area contributed by atoms with E-state index in [0.29, 0.717) is 0 Å². The number of rotatable bonds is 4. The van der Waals surface area contributed by atoms with E-state index in [1.807, 2.05) is 21.8 Å². The predicted octanol–water partition coefficient (Wildman–Crippen LogP) is 2.42. The Morgan fingerprint density at radius 3 is 2.56 bits per heavy atom. The summed E-state index contributed by atoms with van der Waals surface area (Å²) >= 11 is 0. The summed E-state index contributed by atoms with van der Waals surface area (Å²) in [5.41, 5.74) is 2.15. The van der Waals surface area contributed by atoms with E-state index in [-0.39, 0.29) is 5.91 Å². The van der Waals surface area contributed by atoms with Crippen molar-refractivity contribution < 1.29 is 4.79 Å². The highest BCUT2D eigenvalue weighted by Crippen LogP contribution is 2.33. The van der Waals surface area contributed by atoms with Crippen LogP contribution in [0.15, 0.2) is 42.7 Å². The largest absolute Gasteiger partial charge is 0.340 e. The number of carbonyl (C=O) groups is 1. The van der Waals surface area contributed by atoms with Crippen LogP contribution in [0.25, 0.3) is 0 Å². The Kier molecular flexibility index (Phi) is 4.34. The first-order chi connectivity index (χ1) is 12.2. The average Bonchev–Trinajstić information content (AvgIpc) is 3.09. The number of likely N-dealkylation sites (tertiary alicyclic amines) is 2. The molecule has 2 aliphatic heterocycles. The standard InChI is InChI=1S/C20H26N4O/c1-17-5-2-6-18(15-17)16-22-13-7-20(8-14-22,24-12-3-9-21-24)19(25)23-10-4-11-23/h2-3,5-6,9,12,15H,4,7-8,10-11,13-14,16H2,1H3. The van der Waals surface area contributed by atoms with Crippen LogP contribution >= 0.6 is 0 Å². The summed E-state index contributed by atoms with van der Waals surface area (Å²) in [5, 5.41) is 4.45. The Hall–Kier alpha value is -2.14. The monoisotopic (exact) mass is 338 g/mol. The highest BCUT2D eigenvalue weighted by atomic mass is 16.2. The van der Waals surface area contributed by atoms with Gasteiger partial charge in [-0.25, -0.2) is 0 Å². The van der Waals surface area contributed by atoms with Gasteiger partial charge in [0.2, 0.25) is 0 Å². The summed E-state index contributed by atoms with van der Waals surface area (Å²) in [4.78, 5) is 17.6. The molecule has 0 spiro atoms. The number of benzene rings is 1. The number of aromatic nitrogens is 2. The van der Waals surface area contributed by atoms with Crippen molar-refractivity contribution in [1.82, 2.24) is 19.6 Å². The van der Waals surface area contributed by atoms with E-state index in [9.17, 15) is 4.79 Å². The van der Waals surface area contributed by atoms with Gasteiger partial charge in [0.25, 0.3) is 5.91 Å². The number of amides is 1. The van der Waals surface area contributed by atoms with Gasteiger partial charge in [-0.1, -0.05) is 29.8 Å². The summed E-state index contributed by atoms with van der Waals surface area (Å²) in [5.74, 6) is 0.262. The van der Waals surface area contributed by atoms with Gasteiger partial charge in [0.15, 0.2) is 0 Å². The van der Waals surface area contributed by atoms with Crippen molar-refractivity contribution in [2.45, 2.75) is 38.3 Å². The van der Waals surface area contributed by atoms with Gasteiger partial charge in [0.05, 0.1) is 0 Å². The van der Waals surface area contributed by atoms with Crippen molar-refractivity contribution in [3.8, 4) is 0 Å². The number of hydrogen-bond acceptors (Lipinski definition) is 3. The topological polar surface area (TPSA) is 41.4 Å². The Balaban J connectivity index is 1.49. The highest BCUT2D eigenvalue weighted by Gasteiger charge is 2.46. The molecule has 0 radical (unpaired) electrons. The summed E-state index contributed by atoms with van der Waals surface area (Å²) in [6, 6.07) is 10.6. The van der Waals surface area contributed by atoms with Crippen molar-refractivity contribution in [2.24, 2.45) is 0 Å². The maximum absolute atomic E-state index is 13.2. The molecule has 2 aliphatic rings. The second-order valence-corrected chi connectivity index (χ2v) is 7.39. The van der Waals surface area contributed by atoms with Crippen LogP contribution in [0.5, 0.6) is 0 Å². The van der Waals surface area contributed by atoms with Crippen molar-refractivity contribution in [2.75, 3.05) is 26.2 Å². The first kappa shape index (κ1) is 16.3.